The minimum Gasteiger partial charge on any atom is -0.493 e. The Hall–Kier alpha value is -3.16. The van der Waals surface area contributed by atoms with Crippen LogP contribution in [0.15, 0.2) is 58.3 Å². The molecule has 0 bridgehead atoms. The Labute approximate surface area is 177 Å². The molecule has 0 amide bonds. The molecule has 0 aliphatic rings. The zero-order valence-electron chi connectivity index (χ0n) is 16.5. The third kappa shape index (κ3) is 4.22. The van der Waals surface area contributed by atoms with Crippen LogP contribution in [0.5, 0.6) is 5.75 Å². The Morgan fingerprint density at radius 2 is 2.03 bits per heavy atom. The van der Waals surface area contributed by atoms with E-state index in [9.17, 15) is 4.79 Å². The van der Waals surface area contributed by atoms with Gasteiger partial charge in [0.05, 0.1) is 12.3 Å². The fourth-order valence-electron chi connectivity index (χ4n) is 3.33. The molecule has 0 radical (unpaired) electrons. The lowest BCUT2D eigenvalue weighted by atomic mass is 10.0. The number of nitrogens with two attached hydrogens (primary N) is 1. The van der Waals surface area contributed by atoms with Gasteiger partial charge in [0.2, 0.25) is 5.89 Å². The molecule has 0 saturated heterocycles. The van der Waals surface area contributed by atoms with E-state index >= 15 is 0 Å². The first-order valence-corrected chi connectivity index (χ1v) is 10.5. The molecule has 2 aromatic carbocycles. The molecule has 1 unspecified atom stereocenters. The summed E-state index contributed by atoms with van der Waals surface area (Å²) in [6.07, 6.45) is 0.909. The number of nitrogens with zero attached hydrogens (tertiary/aromatic N) is 1. The maximum absolute atomic E-state index is 11.1. The average molecular weight is 423 g/mol. The summed E-state index contributed by atoms with van der Waals surface area (Å²) in [7, 11) is 0. The zero-order valence-corrected chi connectivity index (χ0v) is 17.3. The topological polar surface area (TPSA) is 98.6 Å². The summed E-state index contributed by atoms with van der Waals surface area (Å²) >= 11 is 1.56. The number of thiophene rings is 1. The third-order valence-corrected chi connectivity index (χ3v) is 5.92. The summed E-state index contributed by atoms with van der Waals surface area (Å²) in [5.41, 5.74) is 8.45. The second-order valence-corrected chi connectivity index (χ2v) is 7.94. The summed E-state index contributed by atoms with van der Waals surface area (Å²) in [6.45, 7) is 2.37. The molecule has 154 valence electrons. The Balaban J connectivity index is 1.45. The van der Waals surface area contributed by atoms with Gasteiger partial charge in [-0.15, -0.1) is 11.3 Å². The number of fused-ring (bicyclic) bond motifs is 1. The van der Waals surface area contributed by atoms with E-state index in [1.165, 1.54) is 0 Å². The Morgan fingerprint density at radius 1 is 1.23 bits per heavy atom. The van der Waals surface area contributed by atoms with Crippen molar-refractivity contribution in [2.24, 2.45) is 5.73 Å². The van der Waals surface area contributed by atoms with Crippen LogP contribution in [0.25, 0.3) is 21.5 Å². The van der Waals surface area contributed by atoms with Crippen LogP contribution in [-0.4, -0.2) is 28.7 Å². The van der Waals surface area contributed by atoms with Gasteiger partial charge in [-0.25, -0.2) is 4.98 Å². The maximum atomic E-state index is 11.1. The van der Waals surface area contributed by atoms with Gasteiger partial charge in [0.25, 0.3) is 0 Å². The molecule has 0 aliphatic heterocycles. The number of carbonyl (C=O) groups is 1. The van der Waals surface area contributed by atoms with Crippen LogP contribution >= 0.6 is 11.3 Å². The number of benzene rings is 2. The van der Waals surface area contributed by atoms with Gasteiger partial charge in [-0.05, 0) is 48.6 Å². The van der Waals surface area contributed by atoms with Crippen molar-refractivity contribution in [1.29, 1.82) is 0 Å². The number of carboxylic acids is 1. The van der Waals surface area contributed by atoms with Gasteiger partial charge < -0.3 is 20.0 Å². The molecule has 0 fully saturated rings. The predicted octanol–water partition coefficient (Wildman–Crippen LogP) is 4.44. The first-order valence-electron chi connectivity index (χ1n) is 9.65. The normalized spacial score (nSPS) is 12.2. The van der Waals surface area contributed by atoms with Crippen molar-refractivity contribution in [3.63, 3.8) is 0 Å². The molecular formula is C23H22N2O4S. The smallest absolute Gasteiger partial charge is 0.320 e. The molecule has 3 N–H and O–H groups in total. The fraction of sp³-hybridized carbons (Fsp3) is 0.217. The fourth-order valence-corrected chi connectivity index (χ4v) is 4.26. The quantitative estimate of drug-likeness (QED) is 0.436. The summed E-state index contributed by atoms with van der Waals surface area (Å²) in [5, 5.41) is 12.0. The summed E-state index contributed by atoms with van der Waals surface area (Å²) in [5.74, 6) is 1.17. The number of aliphatic carboxylic acids is 1. The van der Waals surface area contributed by atoms with E-state index in [1.54, 1.807) is 11.3 Å². The highest BCUT2D eigenvalue weighted by molar-refractivity contribution is 7.17. The number of hydrogen-bond donors (Lipinski definition) is 2. The van der Waals surface area contributed by atoms with E-state index < -0.39 is 12.0 Å². The first kappa shape index (κ1) is 20.1. The zero-order chi connectivity index (χ0) is 21.1. The third-order valence-electron chi connectivity index (χ3n) is 4.93. The summed E-state index contributed by atoms with van der Waals surface area (Å²) < 4.78 is 12.9. The maximum Gasteiger partial charge on any atom is 0.320 e. The number of aromatic nitrogens is 1. The second kappa shape index (κ2) is 8.69. The highest BCUT2D eigenvalue weighted by Gasteiger charge is 2.16. The number of aryl methyl sites for hydroxylation is 1. The van der Waals surface area contributed by atoms with Crippen LogP contribution in [0.1, 0.15) is 17.0 Å². The van der Waals surface area contributed by atoms with Crippen molar-refractivity contribution < 1.29 is 19.1 Å². The largest absolute Gasteiger partial charge is 0.493 e. The number of ether oxygens (including phenoxy) is 1. The van der Waals surface area contributed by atoms with Crippen LogP contribution in [0.4, 0.5) is 0 Å². The van der Waals surface area contributed by atoms with Crippen molar-refractivity contribution in [2.45, 2.75) is 25.8 Å². The van der Waals surface area contributed by atoms with E-state index in [-0.39, 0.29) is 6.42 Å². The Kier molecular flexibility index (Phi) is 5.83. The molecule has 4 rings (SSSR count). The van der Waals surface area contributed by atoms with Gasteiger partial charge in [0.15, 0.2) is 0 Å². The molecule has 2 heterocycles. The van der Waals surface area contributed by atoms with Gasteiger partial charge in [-0.3, -0.25) is 4.79 Å². The number of oxazole rings is 1. The second-order valence-electron chi connectivity index (χ2n) is 7.02. The summed E-state index contributed by atoms with van der Waals surface area (Å²) in [4.78, 5) is 15.7. The highest BCUT2D eigenvalue weighted by atomic mass is 32.1. The lowest BCUT2D eigenvalue weighted by Crippen LogP contribution is -2.32. The van der Waals surface area contributed by atoms with Gasteiger partial charge in [-0.2, -0.15) is 0 Å². The van der Waals surface area contributed by atoms with E-state index in [1.807, 2.05) is 60.8 Å². The van der Waals surface area contributed by atoms with Crippen LogP contribution in [0.2, 0.25) is 0 Å². The Bertz CT molecular complexity index is 1170. The van der Waals surface area contributed by atoms with Crippen LogP contribution in [0, 0.1) is 6.92 Å². The van der Waals surface area contributed by atoms with E-state index in [4.69, 9.17) is 20.0 Å². The van der Waals surface area contributed by atoms with Crippen LogP contribution in [0.3, 0.4) is 0 Å². The molecule has 0 aliphatic carbocycles. The lowest BCUT2D eigenvalue weighted by Gasteiger charge is -2.11. The molecule has 4 aromatic rings. The van der Waals surface area contributed by atoms with Gasteiger partial charge in [0, 0.05) is 22.1 Å². The van der Waals surface area contributed by atoms with E-state index in [0.717, 1.165) is 38.4 Å². The molecule has 30 heavy (non-hydrogen) atoms. The molecule has 6 nitrogen and oxygen atoms in total. The van der Waals surface area contributed by atoms with Gasteiger partial charge in [0.1, 0.15) is 17.6 Å². The SMILES string of the molecule is Cc1oc(-c2ccccc2)nc1CCOc1ccc(CC(N)C(=O)O)c2sccc12. The van der Waals surface area contributed by atoms with E-state index in [0.29, 0.717) is 18.9 Å². The Morgan fingerprint density at radius 3 is 2.80 bits per heavy atom. The predicted molar refractivity (Wildman–Crippen MR) is 117 cm³/mol. The van der Waals surface area contributed by atoms with Crippen molar-refractivity contribution in [3.05, 3.63) is 70.9 Å². The number of hydrogen-bond acceptors (Lipinski definition) is 6. The monoisotopic (exact) mass is 422 g/mol. The molecular weight excluding hydrogens is 400 g/mol. The molecule has 0 saturated carbocycles. The molecule has 7 heteroatoms. The molecule has 0 spiro atoms. The van der Waals surface area contributed by atoms with Crippen molar-refractivity contribution >= 4 is 27.4 Å². The number of carboxylic acid groups (broad SMARTS) is 1. The van der Waals surface area contributed by atoms with E-state index in [2.05, 4.69) is 4.98 Å². The number of rotatable bonds is 8. The first-order chi connectivity index (χ1) is 14.5. The minimum atomic E-state index is -1.00. The lowest BCUT2D eigenvalue weighted by molar-refractivity contribution is -0.138. The minimum absolute atomic E-state index is 0.285. The van der Waals surface area contributed by atoms with Crippen LogP contribution in [-0.2, 0) is 17.6 Å². The van der Waals surface area contributed by atoms with Gasteiger partial charge >= 0.3 is 5.97 Å². The average Bonchev–Trinajstić information content (AvgIpc) is 3.37. The van der Waals surface area contributed by atoms with Crippen molar-refractivity contribution in [2.75, 3.05) is 6.61 Å². The molecule has 2 aromatic heterocycles. The van der Waals surface area contributed by atoms with Crippen LogP contribution < -0.4 is 10.5 Å². The molecule has 1 atom stereocenters. The standard InChI is InChI=1S/C23H22N2O4S/c1-14-19(25-22(29-14)15-5-3-2-4-6-15)9-11-28-20-8-7-16(13-18(24)23(26)27)21-17(20)10-12-30-21/h2-8,10,12,18H,9,11,13,24H2,1H3,(H,26,27). The van der Waals surface area contributed by atoms with Crippen molar-refractivity contribution in [3.8, 4) is 17.2 Å². The van der Waals surface area contributed by atoms with Gasteiger partial charge in [-0.1, -0.05) is 24.3 Å². The van der Waals surface area contributed by atoms with Crippen molar-refractivity contribution in [1.82, 2.24) is 4.98 Å². The highest BCUT2D eigenvalue weighted by Crippen LogP contribution is 2.33. The summed E-state index contributed by atoms with van der Waals surface area (Å²) in [6, 6.07) is 14.6.